The van der Waals surface area contributed by atoms with E-state index in [1.165, 1.54) is 5.56 Å². The second-order valence-corrected chi connectivity index (χ2v) is 8.29. The molecule has 1 aromatic rings. The average Bonchev–Trinajstić information content (AvgIpc) is 2.51. The molecule has 0 heterocycles. The van der Waals surface area contributed by atoms with Gasteiger partial charge in [0.05, 0.1) is 5.25 Å². The van der Waals surface area contributed by atoms with Gasteiger partial charge >= 0.3 is 0 Å². The van der Waals surface area contributed by atoms with E-state index < -0.39 is 0 Å². The zero-order valence-electron chi connectivity index (χ0n) is 13.7. The Kier molecular flexibility index (Phi) is 9.59. The highest BCUT2D eigenvalue weighted by Crippen LogP contribution is 2.19. The number of hydrazine groups is 1. The number of halogens is 1. The number of hydrogen-bond acceptors (Lipinski definition) is 3. The first kappa shape index (κ1) is 20.3. The number of rotatable bonds is 7. The van der Waals surface area contributed by atoms with Crippen LogP contribution in [0.3, 0.4) is 0 Å². The number of carbonyl (C=O) groups is 1. The quantitative estimate of drug-likeness (QED) is 0.467. The molecule has 4 nitrogen and oxygen atoms in total. The summed E-state index contributed by atoms with van der Waals surface area (Å²) in [4.78, 5) is 12.0. The monoisotopic (exact) mass is 417 g/mol. The van der Waals surface area contributed by atoms with Crippen molar-refractivity contribution in [2.75, 3.05) is 6.54 Å². The molecule has 7 heteroatoms. The van der Waals surface area contributed by atoms with Gasteiger partial charge in [0.1, 0.15) is 0 Å². The lowest BCUT2D eigenvalue weighted by atomic mass is 10.1. The summed E-state index contributed by atoms with van der Waals surface area (Å²) in [6.45, 7) is 7.00. The second-order valence-electron chi connectivity index (χ2n) is 5.63. The van der Waals surface area contributed by atoms with Crippen LogP contribution >= 0.6 is 39.9 Å². The van der Waals surface area contributed by atoms with Gasteiger partial charge in [0.15, 0.2) is 5.11 Å². The van der Waals surface area contributed by atoms with Gasteiger partial charge < -0.3 is 5.32 Å². The van der Waals surface area contributed by atoms with E-state index in [1.54, 1.807) is 11.8 Å². The van der Waals surface area contributed by atoms with E-state index in [-0.39, 0.29) is 11.2 Å². The van der Waals surface area contributed by atoms with Gasteiger partial charge in [-0.25, -0.2) is 0 Å². The maximum Gasteiger partial charge on any atom is 0.251 e. The first-order chi connectivity index (χ1) is 10.9. The Morgan fingerprint density at radius 1 is 1.22 bits per heavy atom. The minimum absolute atomic E-state index is 0.0832. The number of benzene rings is 1. The van der Waals surface area contributed by atoms with Crippen molar-refractivity contribution in [3.63, 3.8) is 0 Å². The fourth-order valence-corrected chi connectivity index (χ4v) is 2.88. The lowest BCUT2D eigenvalue weighted by Gasteiger charge is -2.15. The minimum Gasteiger partial charge on any atom is -0.361 e. The number of hydrogen-bond donors (Lipinski definition) is 3. The normalized spacial score (nSPS) is 11.9. The molecule has 23 heavy (non-hydrogen) atoms. The van der Waals surface area contributed by atoms with Gasteiger partial charge in [-0.2, -0.15) is 0 Å². The molecular formula is C16H24BrN3OS2. The molecule has 0 unspecified atom stereocenters. The molecule has 1 atom stereocenters. The van der Waals surface area contributed by atoms with Crippen LogP contribution in [0.2, 0.25) is 0 Å². The van der Waals surface area contributed by atoms with Crippen LogP contribution in [-0.2, 0) is 10.5 Å². The summed E-state index contributed by atoms with van der Waals surface area (Å²) in [5.74, 6) is 1.33. The largest absolute Gasteiger partial charge is 0.361 e. The predicted octanol–water partition coefficient (Wildman–Crippen LogP) is 3.61. The molecule has 0 bridgehead atoms. The topological polar surface area (TPSA) is 53.2 Å². The number of amides is 1. The Hall–Kier alpha value is -0.790. The Morgan fingerprint density at radius 2 is 1.87 bits per heavy atom. The molecular weight excluding hydrogens is 394 g/mol. The van der Waals surface area contributed by atoms with Crippen LogP contribution in [-0.4, -0.2) is 22.8 Å². The van der Waals surface area contributed by atoms with Crippen LogP contribution < -0.4 is 16.2 Å². The van der Waals surface area contributed by atoms with Gasteiger partial charge in [-0.1, -0.05) is 41.9 Å². The minimum atomic E-state index is -0.162. The third kappa shape index (κ3) is 9.17. The summed E-state index contributed by atoms with van der Waals surface area (Å²) in [7, 11) is 0. The van der Waals surface area contributed by atoms with Gasteiger partial charge in [0, 0.05) is 16.8 Å². The van der Waals surface area contributed by atoms with Crippen LogP contribution in [0.5, 0.6) is 0 Å². The molecule has 1 rings (SSSR count). The molecule has 3 N–H and O–H groups in total. The average molecular weight is 418 g/mol. The Balaban J connectivity index is 2.23. The summed E-state index contributed by atoms with van der Waals surface area (Å²) in [5, 5.41) is 3.35. The summed E-state index contributed by atoms with van der Waals surface area (Å²) >= 11 is 10.1. The maximum absolute atomic E-state index is 12.0. The van der Waals surface area contributed by atoms with E-state index in [0.29, 0.717) is 11.0 Å². The van der Waals surface area contributed by atoms with E-state index in [4.69, 9.17) is 12.2 Å². The van der Waals surface area contributed by atoms with Crippen molar-refractivity contribution in [2.24, 2.45) is 5.92 Å². The van der Waals surface area contributed by atoms with E-state index in [2.05, 4.69) is 45.9 Å². The third-order valence-corrected chi connectivity index (χ3v) is 5.08. The molecule has 0 spiro atoms. The Labute approximate surface area is 156 Å². The molecule has 0 aliphatic carbocycles. The highest BCUT2D eigenvalue weighted by molar-refractivity contribution is 9.10. The van der Waals surface area contributed by atoms with Crippen LogP contribution in [0, 0.1) is 5.92 Å². The molecule has 0 aromatic heterocycles. The SMILES string of the molecule is CC(C)CCNC(=S)NNC(=O)[C@H](C)SCc1ccc(Br)cc1. The first-order valence-electron chi connectivity index (χ1n) is 7.58. The molecule has 1 aromatic carbocycles. The summed E-state index contributed by atoms with van der Waals surface area (Å²) in [6.07, 6.45) is 1.04. The summed E-state index contributed by atoms with van der Waals surface area (Å²) in [6, 6.07) is 8.11. The van der Waals surface area contributed by atoms with E-state index >= 15 is 0 Å². The van der Waals surface area contributed by atoms with Crippen LogP contribution in [0.1, 0.15) is 32.8 Å². The summed E-state index contributed by atoms with van der Waals surface area (Å²) < 4.78 is 1.06. The van der Waals surface area contributed by atoms with Crippen LogP contribution in [0.4, 0.5) is 0 Å². The third-order valence-electron chi connectivity index (χ3n) is 3.09. The zero-order valence-corrected chi connectivity index (χ0v) is 16.9. The number of thiocarbonyl (C=S) groups is 1. The molecule has 0 radical (unpaired) electrons. The van der Waals surface area contributed by atoms with Crippen molar-refractivity contribution in [3.05, 3.63) is 34.3 Å². The van der Waals surface area contributed by atoms with Crippen LogP contribution in [0.25, 0.3) is 0 Å². The van der Waals surface area contributed by atoms with Crippen molar-refractivity contribution in [1.29, 1.82) is 0 Å². The molecule has 0 saturated carbocycles. The Morgan fingerprint density at radius 3 is 2.48 bits per heavy atom. The van der Waals surface area contributed by atoms with E-state index in [0.717, 1.165) is 23.2 Å². The molecule has 1 amide bonds. The van der Waals surface area contributed by atoms with Crippen molar-refractivity contribution in [3.8, 4) is 0 Å². The molecule has 0 fully saturated rings. The molecule has 128 valence electrons. The Bertz CT molecular complexity index is 509. The van der Waals surface area contributed by atoms with Gasteiger partial charge in [-0.15, -0.1) is 11.8 Å². The van der Waals surface area contributed by atoms with Gasteiger partial charge in [-0.05, 0) is 49.2 Å². The molecule has 0 aliphatic heterocycles. The fourth-order valence-electron chi connectivity index (χ4n) is 1.62. The fraction of sp³-hybridized carbons (Fsp3) is 0.500. The van der Waals surface area contributed by atoms with Crippen molar-refractivity contribution in [1.82, 2.24) is 16.2 Å². The summed E-state index contributed by atoms with van der Waals surface area (Å²) in [5.41, 5.74) is 6.58. The van der Waals surface area contributed by atoms with Gasteiger partial charge in [0.2, 0.25) is 0 Å². The first-order valence-corrected chi connectivity index (χ1v) is 9.83. The zero-order chi connectivity index (χ0) is 17.2. The van der Waals surface area contributed by atoms with Crippen LogP contribution in [0.15, 0.2) is 28.7 Å². The van der Waals surface area contributed by atoms with E-state index in [9.17, 15) is 4.79 Å². The standard InChI is InChI=1S/C16H24BrN3OS2/c1-11(2)8-9-18-16(22)20-19-15(21)12(3)23-10-13-4-6-14(17)7-5-13/h4-7,11-12H,8-10H2,1-3H3,(H,19,21)(H2,18,20,22)/t12-/m0/s1. The maximum atomic E-state index is 12.0. The predicted molar refractivity (Wildman–Crippen MR) is 106 cm³/mol. The lowest BCUT2D eigenvalue weighted by Crippen LogP contribution is -2.49. The highest BCUT2D eigenvalue weighted by atomic mass is 79.9. The lowest BCUT2D eigenvalue weighted by molar-refractivity contribution is -0.120. The number of carbonyl (C=O) groups excluding carboxylic acids is 1. The van der Waals surface area contributed by atoms with E-state index in [1.807, 2.05) is 31.2 Å². The van der Waals surface area contributed by atoms with Gasteiger partial charge in [-0.3, -0.25) is 15.6 Å². The molecule has 0 aliphatic rings. The van der Waals surface area contributed by atoms with Crippen molar-refractivity contribution in [2.45, 2.75) is 38.2 Å². The smallest absolute Gasteiger partial charge is 0.251 e. The highest BCUT2D eigenvalue weighted by Gasteiger charge is 2.13. The van der Waals surface area contributed by atoms with Crippen molar-refractivity contribution < 1.29 is 4.79 Å². The van der Waals surface area contributed by atoms with Crippen molar-refractivity contribution >= 4 is 50.9 Å². The van der Waals surface area contributed by atoms with Gasteiger partial charge in [0.25, 0.3) is 5.91 Å². The number of nitrogens with one attached hydrogen (secondary N) is 3. The second kappa shape index (κ2) is 10.9. The molecule has 0 saturated heterocycles. The number of thioether (sulfide) groups is 1.